The molecular weight excluding hydrogens is 192 g/mol. The SMILES string of the molecule is O=C(CCc1ccncc1)NCCCO. The fourth-order valence-corrected chi connectivity index (χ4v) is 1.20. The van der Waals surface area contributed by atoms with E-state index >= 15 is 0 Å². The van der Waals surface area contributed by atoms with Gasteiger partial charge < -0.3 is 10.4 Å². The molecule has 1 aromatic heterocycles. The van der Waals surface area contributed by atoms with Gasteiger partial charge in [0.25, 0.3) is 0 Å². The summed E-state index contributed by atoms with van der Waals surface area (Å²) in [5, 5.41) is 11.3. The van der Waals surface area contributed by atoms with E-state index in [1.165, 1.54) is 0 Å². The van der Waals surface area contributed by atoms with E-state index in [2.05, 4.69) is 10.3 Å². The molecule has 82 valence electrons. The molecule has 0 aromatic carbocycles. The maximum absolute atomic E-state index is 11.3. The summed E-state index contributed by atoms with van der Waals surface area (Å²) in [6.45, 7) is 0.663. The molecule has 1 rings (SSSR count). The molecule has 4 nitrogen and oxygen atoms in total. The van der Waals surface area contributed by atoms with Crippen molar-refractivity contribution in [2.24, 2.45) is 0 Å². The number of nitrogens with one attached hydrogen (secondary N) is 1. The van der Waals surface area contributed by atoms with Crippen LogP contribution in [-0.4, -0.2) is 29.1 Å². The Kier molecular flexibility index (Phi) is 5.40. The van der Waals surface area contributed by atoms with E-state index in [4.69, 9.17) is 5.11 Å². The van der Waals surface area contributed by atoms with Gasteiger partial charge in [0.05, 0.1) is 0 Å². The average molecular weight is 208 g/mol. The molecule has 1 amide bonds. The molecule has 1 aromatic rings. The highest BCUT2D eigenvalue weighted by atomic mass is 16.3. The van der Waals surface area contributed by atoms with Gasteiger partial charge in [0.1, 0.15) is 0 Å². The number of rotatable bonds is 6. The van der Waals surface area contributed by atoms with Crippen molar-refractivity contribution in [3.63, 3.8) is 0 Å². The molecule has 0 radical (unpaired) electrons. The van der Waals surface area contributed by atoms with Crippen molar-refractivity contribution in [1.29, 1.82) is 0 Å². The maximum Gasteiger partial charge on any atom is 0.220 e. The largest absolute Gasteiger partial charge is 0.396 e. The second-order valence-electron chi connectivity index (χ2n) is 3.28. The third-order valence-corrected chi connectivity index (χ3v) is 2.05. The Balaban J connectivity index is 2.17. The van der Waals surface area contributed by atoms with Crippen LogP contribution in [0.1, 0.15) is 18.4 Å². The van der Waals surface area contributed by atoms with Crippen molar-refractivity contribution in [2.45, 2.75) is 19.3 Å². The fraction of sp³-hybridized carbons (Fsp3) is 0.455. The van der Waals surface area contributed by atoms with E-state index in [1.54, 1.807) is 12.4 Å². The van der Waals surface area contributed by atoms with Gasteiger partial charge in [-0.3, -0.25) is 9.78 Å². The van der Waals surface area contributed by atoms with Crippen molar-refractivity contribution in [3.05, 3.63) is 30.1 Å². The third kappa shape index (κ3) is 5.12. The van der Waals surface area contributed by atoms with Crippen LogP contribution in [0.2, 0.25) is 0 Å². The smallest absolute Gasteiger partial charge is 0.220 e. The minimum atomic E-state index is 0.0280. The molecule has 0 spiro atoms. The number of amides is 1. The zero-order chi connectivity index (χ0) is 10.9. The molecular formula is C11H16N2O2. The fourth-order valence-electron chi connectivity index (χ4n) is 1.20. The summed E-state index contributed by atoms with van der Waals surface area (Å²) in [6.07, 6.45) is 5.27. The van der Waals surface area contributed by atoms with E-state index in [-0.39, 0.29) is 12.5 Å². The van der Waals surface area contributed by atoms with Gasteiger partial charge in [-0.1, -0.05) is 0 Å². The van der Waals surface area contributed by atoms with Crippen LogP contribution >= 0.6 is 0 Å². The summed E-state index contributed by atoms with van der Waals surface area (Å²) in [6, 6.07) is 3.81. The molecule has 1 heterocycles. The highest BCUT2D eigenvalue weighted by Gasteiger charge is 2.00. The summed E-state index contributed by atoms with van der Waals surface area (Å²) >= 11 is 0. The second-order valence-corrected chi connectivity index (χ2v) is 3.28. The van der Waals surface area contributed by atoms with Crippen molar-refractivity contribution >= 4 is 5.91 Å². The Bertz CT molecular complexity index is 288. The zero-order valence-electron chi connectivity index (χ0n) is 8.65. The first-order valence-corrected chi connectivity index (χ1v) is 5.09. The minimum Gasteiger partial charge on any atom is -0.396 e. The van der Waals surface area contributed by atoms with Crippen molar-refractivity contribution in [2.75, 3.05) is 13.2 Å². The number of carbonyl (C=O) groups is 1. The lowest BCUT2D eigenvalue weighted by Crippen LogP contribution is -2.25. The lowest BCUT2D eigenvalue weighted by molar-refractivity contribution is -0.121. The minimum absolute atomic E-state index is 0.0280. The molecule has 0 saturated carbocycles. The molecule has 4 heteroatoms. The summed E-state index contributed by atoms with van der Waals surface area (Å²) < 4.78 is 0. The number of carbonyl (C=O) groups excluding carboxylic acids is 1. The van der Waals surface area contributed by atoms with Gasteiger partial charge in [-0.15, -0.1) is 0 Å². The standard InChI is InChI=1S/C11H16N2O2/c14-9-1-6-13-11(15)3-2-10-4-7-12-8-5-10/h4-5,7-8,14H,1-3,6,9H2,(H,13,15). The zero-order valence-corrected chi connectivity index (χ0v) is 8.65. The Hall–Kier alpha value is -1.42. The van der Waals surface area contributed by atoms with Crippen molar-refractivity contribution in [3.8, 4) is 0 Å². The number of nitrogens with zero attached hydrogens (tertiary/aromatic N) is 1. The number of aliphatic hydroxyl groups excluding tert-OH is 1. The molecule has 0 fully saturated rings. The van der Waals surface area contributed by atoms with E-state index in [1.807, 2.05) is 12.1 Å². The van der Waals surface area contributed by atoms with Gasteiger partial charge >= 0.3 is 0 Å². The normalized spacial score (nSPS) is 9.93. The van der Waals surface area contributed by atoms with E-state index in [0.29, 0.717) is 19.4 Å². The van der Waals surface area contributed by atoms with Crippen LogP contribution in [0.25, 0.3) is 0 Å². The predicted octanol–water partition coefficient (Wildman–Crippen LogP) is 0.513. The molecule has 15 heavy (non-hydrogen) atoms. The number of aromatic nitrogens is 1. The van der Waals surface area contributed by atoms with Crippen LogP contribution in [-0.2, 0) is 11.2 Å². The third-order valence-electron chi connectivity index (χ3n) is 2.05. The monoisotopic (exact) mass is 208 g/mol. The summed E-state index contributed by atoms with van der Waals surface area (Å²) in [4.78, 5) is 15.2. The van der Waals surface area contributed by atoms with Crippen molar-refractivity contribution < 1.29 is 9.90 Å². The molecule has 2 N–H and O–H groups in total. The summed E-state index contributed by atoms with van der Waals surface area (Å²) in [7, 11) is 0. The summed E-state index contributed by atoms with van der Waals surface area (Å²) in [5.41, 5.74) is 1.11. The Morgan fingerprint density at radius 2 is 2.13 bits per heavy atom. The first-order chi connectivity index (χ1) is 7.33. The van der Waals surface area contributed by atoms with Crippen LogP contribution in [0.4, 0.5) is 0 Å². The molecule has 0 saturated heterocycles. The van der Waals surface area contributed by atoms with Gasteiger partial charge in [0.15, 0.2) is 0 Å². The molecule has 0 bridgehead atoms. The Labute approximate surface area is 89.3 Å². The van der Waals surface area contributed by atoms with Crippen LogP contribution in [0.5, 0.6) is 0 Å². The quantitative estimate of drug-likeness (QED) is 0.670. The van der Waals surface area contributed by atoms with E-state index < -0.39 is 0 Å². The second kappa shape index (κ2) is 6.95. The molecule has 0 aliphatic rings. The predicted molar refractivity (Wildman–Crippen MR) is 57.3 cm³/mol. The van der Waals surface area contributed by atoms with Crippen LogP contribution in [0, 0.1) is 0 Å². The summed E-state index contributed by atoms with van der Waals surface area (Å²) in [5.74, 6) is 0.0280. The van der Waals surface area contributed by atoms with Gasteiger partial charge in [0, 0.05) is 32.0 Å². The maximum atomic E-state index is 11.3. The van der Waals surface area contributed by atoms with E-state index in [0.717, 1.165) is 12.0 Å². The lowest BCUT2D eigenvalue weighted by atomic mass is 10.1. The Morgan fingerprint density at radius 3 is 2.80 bits per heavy atom. The average Bonchev–Trinajstić information content (AvgIpc) is 2.28. The van der Waals surface area contributed by atoms with Gasteiger partial charge in [0.2, 0.25) is 5.91 Å². The number of aliphatic hydroxyl groups is 1. The van der Waals surface area contributed by atoms with Crippen LogP contribution < -0.4 is 5.32 Å². The topological polar surface area (TPSA) is 62.2 Å². The first-order valence-electron chi connectivity index (χ1n) is 5.09. The first kappa shape index (κ1) is 11.7. The molecule has 0 unspecified atom stereocenters. The molecule has 0 atom stereocenters. The van der Waals surface area contributed by atoms with Gasteiger partial charge in [-0.05, 0) is 30.5 Å². The number of pyridine rings is 1. The highest BCUT2D eigenvalue weighted by Crippen LogP contribution is 2.00. The number of hydrogen-bond donors (Lipinski definition) is 2. The van der Waals surface area contributed by atoms with Crippen LogP contribution in [0.3, 0.4) is 0 Å². The van der Waals surface area contributed by atoms with Gasteiger partial charge in [-0.25, -0.2) is 0 Å². The van der Waals surface area contributed by atoms with Crippen LogP contribution in [0.15, 0.2) is 24.5 Å². The Morgan fingerprint density at radius 1 is 1.40 bits per heavy atom. The number of aryl methyl sites for hydroxylation is 1. The molecule has 0 aliphatic carbocycles. The number of hydrogen-bond acceptors (Lipinski definition) is 3. The van der Waals surface area contributed by atoms with Gasteiger partial charge in [-0.2, -0.15) is 0 Å². The lowest BCUT2D eigenvalue weighted by Gasteiger charge is -2.03. The molecule has 0 aliphatic heterocycles. The van der Waals surface area contributed by atoms with Crippen molar-refractivity contribution in [1.82, 2.24) is 10.3 Å². The van der Waals surface area contributed by atoms with E-state index in [9.17, 15) is 4.79 Å². The highest BCUT2D eigenvalue weighted by molar-refractivity contribution is 5.76.